The summed E-state index contributed by atoms with van der Waals surface area (Å²) in [5.41, 5.74) is 1.90. The van der Waals surface area contributed by atoms with Gasteiger partial charge in [0.05, 0.1) is 23.6 Å². The second kappa shape index (κ2) is 8.19. The highest BCUT2D eigenvalue weighted by Crippen LogP contribution is 2.35. The molecule has 0 bridgehead atoms. The number of thiocarbonyl (C=S) groups is 1. The number of anilines is 1. The molecule has 2 aliphatic rings. The van der Waals surface area contributed by atoms with Crippen molar-refractivity contribution in [2.45, 2.75) is 13.8 Å². The largest absolute Gasteiger partial charge is 0.378 e. The maximum atomic E-state index is 12.9. The minimum absolute atomic E-state index is 0.00946. The first-order valence-electron chi connectivity index (χ1n) is 9.51. The Bertz CT molecular complexity index is 952. The number of fused-ring (bicyclic) bond motifs is 1. The smallest absolute Gasteiger partial charge is 0.266 e. The summed E-state index contributed by atoms with van der Waals surface area (Å²) in [5.74, 6) is 1.26. The number of carbonyl (C=O) groups excluding carboxylic acids is 1. The van der Waals surface area contributed by atoms with Crippen LogP contribution in [0.1, 0.15) is 19.4 Å². The molecule has 0 saturated carbocycles. The van der Waals surface area contributed by atoms with Gasteiger partial charge in [-0.05, 0) is 24.1 Å². The Morgan fingerprint density at radius 2 is 2.04 bits per heavy atom. The number of amides is 1. The molecular formula is C21H23N3O2S2. The van der Waals surface area contributed by atoms with Gasteiger partial charge in [0.1, 0.15) is 10.1 Å². The van der Waals surface area contributed by atoms with Crippen molar-refractivity contribution in [2.24, 2.45) is 5.92 Å². The normalized spacial score (nSPS) is 19.5. The zero-order valence-corrected chi connectivity index (χ0v) is 17.7. The van der Waals surface area contributed by atoms with Crippen molar-refractivity contribution < 1.29 is 9.53 Å². The highest BCUT2D eigenvalue weighted by atomic mass is 32.2. The van der Waals surface area contributed by atoms with E-state index in [0.717, 1.165) is 35.4 Å². The first kappa shape index (κ1) is 19.4. The number of rotatable bonds is 4. The summed E-state index contributed by atoms with van der Waals surface area (Å²) in [6.45, 7) is 7.78. The highest BCUT2D eigenvalue weighted by molar-refractivity contribution is 8.26. The van der Waals surface area contributed by atoms with E-state index in [9.17, 15) is 4.79 Å². The van der Waals surface area contributed by atoms with Gasteiger partial charge in [-0.1, -0.05) is 56.0 Å². The zero-order valence-electron chi connectivity index (χ0n) is 16.1. The minimum Gasteiger partial charge on any atom is -0.378 e. The molecule has 3 heterocycles. The second-order valence-corrected chi connectivity index (χ2v) is 9.06. The van der Waals surface area contributed by atoms with Crippen LogP contribution < -0.4 is 4.90 Å². The fourth-order valence-electron chi connectivity index (χ4n) is 3.42. The number of para-hydroxylation sites is 1. The van der Waals surface area contributed by atoms with E-state index in [1.165, 1.54) is 11.8 Å². The Morgan fingerprint density at radius 3 is 2.79 bits per heavy atom. The zero-order chi connectivity index (χ0) is 19.7. The molecular weight excluding hydrogens is 390 g/mol. The van der Waals surface area contributed by atoms with Crippen molar-refractivity contribution in [3.8, 4) is 0 Å². The van der Waals surface area contributed by atoms with Crippen LogP contribution >= 0.6 is 24.0 Å². The molecule has 0 atom stereocenters. The lowest BCUT2D eigenvalue weighted by atomic mass is 10.1. The van der Waals surface area contributed by atoms with E-state index in [4.69, 9.17) is 21.9 Å². The van der Waals surface area contributed by atoms with Crippen molar-refractivity contribution in [3.05, 3.63) is 40.8 Å². The number of thioether (sulfide) groups is 1. The molecule has 2 fully saturated rings. The molecule has 0 aliphatic carbocycles. The number of benzene rings is 1. The lowest BCUT2D eigenvalue weighted by molar-refractivity contribution is -0.122. The van der Waals surface area contributed by atoms with Gasteiger partial charge in [-0.25, -0.2) is 4.98 Å². The second-order valence-electron chi connectivity index (χ2n) is 7.38. The van der Waals surface area contributed by atoms with Crippen LogP contribution in [0.3, 0.4) is 0 Å². The molecule has 2 saturated heterocycles. The molecule has 0 N–H and O–H groups in total. The molecule has 1 aromatic carbocycles. The number of hydrogen-bond acceptors (Lipinski definition) is 6. The fourth-order valence-corrected chi connectivity index (χ4v) is 4.69. The van der Waals surface area contributed by atoms with Crippen LogP contribution in [-0.4, -0.2) is 53.0 Å². The summed E-state index contributed by atoms with van der Waals surface area (Å²) in [6, 6.07) is 10.2. The fraction of sp³-hybridized carbons (Fsp3) is 0.381. The van der Waals surface area contributed by atoms with Crippen molar-refractivity contribution in [1.82, 2.24) is 9.88 Å². The third-order valence-corrected chi connectivity index (χ3v) is 6.13. The Hall–Kier alpha value is -1.96. The van der Waals surface area contributed by atoms with E-state index >= 15 is 0 Å². The van der Waals surface area contributed by atoms with Crippen LogP contribution in [-0.2, 0) is 9.53 Å². The topological polar surface area (TPSA) is 45.7 Å². The lowest BCUT2D eigenvalue weighted by Crippen LogP contribution is -2.37. The van der Waals surface area contributed by atoms with E-state index in [1.807, 2.05) is 30.3 Å². The van der Waals surface area contributed by atoms with Crippen LogP contribution in [0.2, 0.25) is 0 Å². The van der Waals surface area contributed by atoms with Crippen molar-refractivity contribution in [2.75, 3.05) is 37.7 Å². The maximum absolute atomic E-state index is 12.9. The predicted molar refractivity (Wildman–Crippen MR) is 119 cm³/mol. The number of aromatic nitrogens is 1. The molecule has 146 valence electrons. The van der Waals surface area contributed by atoms with Gasteiger partial charge in [-0.2, -0.15) is 0 Å². The number of morpholine rings is 1. The van der Waals surface area contributed by atoms with E-state index < -0.39 is 0 Å². The van der Waals surface area contributed by atoms with Crippen molar-refractivity contribution >= 4 is 57.0 Å². The maximum Gasteiger partial charge on any atom is 0.266 e. The first-order chi connectivity index (χ1) is 13.5. The SMILES string of the molecule is CC(C)CN1C(=O)/C(=C/c2cc3ccccc3nc2N2CCOCC2)SC1=S. The van der Waals surface area contributed by atoms with Gasteiger partial charge in [0.2, 0.25) is 0 Å². The summed E-state index contributed by atoms with van der Waals surface area (Å²) in [7, 11) is 0. The number of ether oxygens (including phenoxy) is 1. The monoisotopic (exact) mass is 413 g/mol. The van der Waals surface area contributed by atoms with Crippen LogP contribution in [0.4, 0.5) is 5.82 Å². The number of carbonyl (C=O) groups is 1. The molecule has 28 heavy (non-hydrogen) atoms. The summed E-state index contributed by atoms with van der Waals surface area (Å²) in [6.07, 6.45) is 1.95. The molecule has 0 spiro atoms. The van der Waals surface area contributed by atoms with Crippen LogP contribution in [0.5, 0.6) is 0 Å². The third-order valence-electron chi connectivity index (χ3n) is 4.75. The van der Waals surface area contributed by atoms with Gasteiger partial charge in [-0.15, -0.1) is 0 Å². The van der Waals surface area contributed by atoms with Crippen molar-refractivity contribution in [1.29, 1.82) is 0 Å². The quantitative estimate of drug-likeness (QED) is 0.559. The number of pyridine rings is 1. The molecule has 0 unspecified atom stereocenters. The van der Waals surface area contributed by atoms with E-state index in [1.54, 1.807) is 4.90 Å². The first-order valence-corrected chi connectivity index (χ1v) is 10.7. The lowest BCUT2D eigenvalue weighted by Gasteiger charge is -2.29. The standard InChI is InChI=1S/C21H23N3O2S2/c1-14(2)13-24-20(25)18(28-21(24)27)12-16-11-15-5-3-4-6-17(15)22-19(16)23-7-9-26-10-8-23/h3-6,11-12,14H,7-10,13H2,1-2H3/b18-12-. The average Bonchev–Trinajstić information content (AvgIpc) is 2.95. The molecule has 7 heteroatoms. The molecule has 2 aliphatic heterocycles. The molecule has 5 nitrogen and oxygen atoms in total. The summed E-state index contributed by atoms with van der Waals surface area (Å²) in [5, 5.41) is 1.06. The summed E-state index contributed by atoms with van der Waals surface area (Å²) in [4.78, 5) is 22.4. The minimum atomic E-state index is -0.00946. The van der Waals surface area contributed by atoms with Crippen LogP contribution in [0.15, 0.2) is 35.2 Å². The van der Waals surface area contributed by atoms with Gasteiger partial charge in [0.25, 0.3) is 5.91 Å². The van der Waals surface area contributed by atoms with Gasteiger partial charge >= 0.3 is 0 Å². The Labute approximate surface area is 174 Å². The summed E-state index contributed by atoms with van der Waals surface area (Å²) < 4.78 is 6.13. The number of hydrogen-bond donors (Lipinski definition) is 0. The predicted octanol–water partition coefficient (Wildman–Crippen LogP) is 3.93. The highest BCUT2D eigenvalue weighted by Gasteiger charge is 2.32. The van der Waals surface area contributed by atoms with Crippen LogP contribution in [0, 0.1) is 5.92 Å². The van der Waals surface area contributed by atoms with Crippen LogP contribution in [0.25, 0.3) is 17.0 Å². The Morgan fingerprint density at radius 1 is 1.29 bits per heavy atom. The van der Waals surface area contributed by atoms with Gasteiger partial charge < -0.3 is 9.64 Å². The average molecular weight is 414 g/mol. The molecule has 2 aromatic rings. The third kappa shape index (κ3) is 3.92. The Balaban J connectivity index is 1.75. The van der Waals surface area contributed by atoms with E-state index in [2.05, 4.69) is 24.8 Å². The summed E-state index contributed by atoms with van der Waals surface area (Å²) >= 11 is 6.83. The van der Waals surface area contributed by atoms with Crippen molar-refractivity contribution in [3.63, 3.8) is 0 Å². The Kier molecular flexibility index (Phi) is 5.66. The number of nitrogens with zero attached hydrogens (tertiary/aromatic N) is 3. The van der Waals surface area contributed by atoms with E-state index in [0.29, 0.717) is 34.9 Å². The van der Waals surface area contributed by atoms with Gasteiger partial charge in [-0.3, -0.25) is 9.69 Å². The van der Waals surface area contributed by atoms with Gasteiger partial charge in [0.15, 0.2) is 0 Å². The molecule has 1 amide bonds. The van der Waals surface area contributed by atoms with Gasteiger partial charge in [0, 0.05) is 30.6 Å². The molecule has 1 aromatic heterocycles. The van der Waals surface area contributed by atoms with E-state index in [-0.39, 0.29) is 5.91 Å². The molecule has 4 rings (SSSR count). The molecule has 0 radical (unpaired) electrons.